The average molecular weight is 462 g/mol. The van der Waals surface area contributed by atoms with Crippen molar-refractivity contribution in [3.63, 3.8) is 0 Å². The highest BCUT2D eigenvalue weighted by molar-refractivity contribution is 6.00. The fourth-order valence-corrected chi connectivity index (χ4v) is 4.09. The second kappa shape index (κ2) is 11.4. The predicted octanol–water partition coefficient (Wildman–Crippen LogP) is 5.23. The van der Waals surface area contributed by atoms with E-state index in [4.69, 9.17) is 14.2 Å². The summed E-state index contributed by atoms with van der Waals surface area (Å²) in [6.07, 6.45) is 3.97. The molecule has 6 heteroatoms. The Morgan fingerprint density at radius 3 is 1.94 bits per heavy atom. The third-order valence-corrected chi connectivity index (χ3v) is 5.63. The quantitative estimate of drug-likeness (QED) is 0.429. The predicted molar refractivity (Wildman–Crippen MR) is 133 cm³/mol. The molecule has 2 aromatic carbocycles. The number of carbonyl (C=O) groups excluding carboxylic acids is 2. The Morgan fingerprint density at radius 2 is 1.41 bits per heavy atom. The Labute approximate surface area is 200 Å². The zero-order valence-electron chi connectivity index (χ0n) is 20.3. The lowest BCUT2D eigenvalue weighted by Crippen LogP contribution is -2.32. The molecule has 1 aliphatic heterocycles. The smallest absolute Gasteiger partial charge is 0.336 e. The zero-order chi connectivity index (χ0) is 24.7. The summed E-state index contributed by atoms with van der Waals surface area (Å²) in [5.74, 6) is -0.760. The fourth-order valence-electron chi connectivity index (χ4n) is 4.09. The minimum atomic E-state index is -0.629. The number of dihydropyridines is 1. The van der Waals surface area contributed by atoms with Crippen LogP contribution < -0.4 is 10.1 Å². The fraction of sp³-hybridized carbons (Fsp3) is 0.286. The first-order valence-corrected chi connectivity index (χ1v) is 11.3. The van der Waals surface area contributed by atoms with E-state index >= 15 is 0 Å². The van der Waals surface area contributed by atoms with Gasteiger partial charge in [0.2, 0.25) is 0 Å². The summed E-state index contributed by atoms with van der Waals surface area (Å²) in [6.45, 7) is 7.63. The van der Waals surface area contributed by atoms with Crippen LogP contribution in [0.25, 0.3) is 12.2 Å². The van der Waals surface area contributed by atoms with E-state index in [0.717, 1.165) is 22.4 Å². The van der Waals surface area contributed by atoms with Gasteiger partial charge in [0.25, 0.3) is 0 Å². The van der Waals surface area contributed by atoms with Gasteiger partial charge in [0.05, 0.1) is 37.4 Å². The SMILES string of the molecule is CCOC(=O)C1=C(C)NC(C)=C(C(=O)OCC)C1c1ccccc1/C=C/c1ccc(OC)cc1. The van der Waals surface area contributed by atoms with Gasteiger partial charge in [-0.15, -0.1) is 0 Å². The maximum Gasteiger partial charge on any atom is 0.336 e. The Kier molecular flexibility index (Phi) is 8.30. The number of hydrogen-bond donors (Lipinski definition) is 1. The van der Waals surface area contributed by atoms with E-state index in [1.165, 1.54) is 0 Å². The summed E-state index contributed by atoms with van der Waals surface area (Å²) in [4.78, 5) is 26.1. The second-order valence-electron chi connectivity index (χ2n) is 7.81. The monoisotopic (exact) mass is 461 g/mol. The number of nitrogens with one attached hydrogen (secondary N) is 1. The Hall–Kier alpha value is -3.80. The molecule has 0 radical (unpaired) electrons. The molecule has 0 spiro atoms. The molecule has 0 unspecified atom stereocenters. The normalized spacial score (nSPS) is 14.3. The van der Waals surface area contributed by atoms with Crippen molar-refractivity contribution in [2.24, 2.45) is 0 Å². The second-order valence-corrected chi connectivity index (χ2v) is 7.81. The molecule has 0 amide bonds. The molecule has 1 aliphatic rings. The van der Waals surface area contributed by atoms with Crippen LogP contribution in [0.5, 0.6) is 5.75 Å². The first-order valence-electron chi connectivity index (χ1n) is 11.3. The number of allylic oxidation sites excluding steroid dienone is 2. The minimum Gasteiger partial charge on any atom is -0.497 e. The first-order chi connectivity index (χ1) is 16.4. The summed E-state index contributed by atoms with van der Waals surface area (Å²) in [6, 6.07) is 15.5. The molecule has 34 heavy (non-hydrogen) atoms. The molecule has 6 nitrogen and oxygen atoms in total. The number of esters is 2. The van der Waals surface area contributed by atoms with Crippen LogP contribution >= 0.6 is 0 Å². The lowest BCUT2D eigenvalue weighted by atomic mass is 9.78. The van der Waals surface area contributed by atoms with Crippen LogP contribution in [0.4, 0.5) is 0 Å². The van der Waals surface area contributed by atoms with Crippen molar-refractivity contribution in [3.05, 3.63) is 87.8 Å². The lowest BCUT2D eigenvalue weighted by Gasteiger charge is -2.31. The Bertz CT molecular complexity index is 1100. The third kappa shape index (κ3) is 5.39. The Balaban J connectivity index is 2.13. The summed E-state index contributed by atoms with van der Waals surface area (Å²) in [7, 11) is 1.63. The van der Waals surface area contributed by atoms with Gasteiger partial charge in [0, 0.05) is 11.4 Å². The van der Waals surface area contributed by atoms with Gasteiger partial charge in [0.15, 0.2) is 0 Å². The van der Waals surface area contributed by atoms with Gasteiger partial charge in [-0.2, -0.15) is 0 Å². The van der Waals surface area contributed by atoms with Crippen molar-refractivity contribution in [1.29, 1.82) is 0 Å². The van der Waals surface area contributed by atoms with E-state index in [2.05, 4.69) is 5.32 Å². The van der Waals surface area contributed by atoms with Crippen LogP contribution in [0.15, 0.2) is 71.1 Å². The molecule has 178 valence electrons. The van der Waals surface area contributed by atoms with Crippen LogP contribution in [0, 0.1) is 0 Å². The number of methoxy groups -OCH3 is 1. The molecule has 2 aromatic rings. The van der Waals surface area contributed by atoms with Gasteiger partial charge in [-0.25, -0.2) is 9.59 Å². The molecule has 0 fully saturated rings. The minimum absolute atomic E-state index is 0.235. The number of hydrogen-bond acceptors (Lipinski definition) is 6. The van der Waals surface area contributed by atoms with Gasteiger partial charge < -0.3 is 19.5 Å². The van der Waals surface area contributed by atoms with E-state index in [-0.39, 0.29) is 13.2 Å². The van der Waals surface area contributed by atoms with E-state index in [1.807, 2.05) is 74.5 Å². The van der Waals surface area contributed by atoms with Crippen molar-refractivity contribution in [1.82, 2.24) is 5.32 Å². The van der Waals surface area contributed by atoms with Crippen LogP contribution in [-0.4, -0.2) is 32.3 Å². The average Bonchev–Trinajstić information content (AvgIpc) is 2.83. The van der Waals surface area contributed by atoms with Gasteiger partial charge in [-0.05, 0) is 56.5 Å². The van der Waals surface area contributed by atoms with Crippen LogP contribution in [0.2, 0.25) is 0 Å². The van der Waals surface area contributed by atoms with E-state index in [0.29, 0.717) is 22.5 Å². The summed E-state index contributed by atoms with van der Waals surface area (Å²) >= 11 is 0. The molecule has 0 bridgehead atoms. The molecule has 1 heterocycles. The highest BCUT2D eigenvalue weighted by Crippen LogP contribution is 2.41. The molecule has 0 aromatic heterocycles. The molecule has 1 N–H and O–H groups in total. The molecule has 0 saturated heterocycles. The van der Waals surface area contributed by atoms with Crippen molar-refractivity contribution < 1.29 is 23.8 Å². The third-order valence-electron chi connectivity index (χ3n) is 5.63. The van der Waals surface area contributed by atoms with Gasteiger partial charge in [-0.1, -0.05) is 48.6 Å². The van der Waals surface area contributed by atoms with Crippen LogP contribution in [0.1, 0.15) is 50.3 Å². The highest BCUT2D eigenvalue weighted by atomic mass is 16.5. The Morgan fingerprint density at radius 1 is 0.853 bits per heavy atom. The van der Waals surface area contributed by atoms with Crippen LogP contribution in [-0.2, 0) is 19.1 Å². The van der Waals surface area contributed by atoms with Crippen molar-refractivity contribution >= 4 is 24.1 Å². The van der Waals surface area contributed by atoms with Gasteiger partial charge in [0.1, 0.15) is 5.75 Å². The molecule has 0 atom stereocenters. The number of carbonyl (C=O) groups is 2. The lowest BCUT2D eigenvalue weighted by molar-refractivity contribution is -0.139. The van der Waals surface area contributed by atoms with Crippen molar-refractivity contribution in [3.8, 4) is 5.75 Å². The molecule has 0 aliphatic carbocycles. The molecular formula is C28H31NO5. The first kappa shape index (κ1) is 24.8. The largest absolute Gasteiger partial charge is 0.497 e. The summed E-state index contributed by atoms with van der Waals surface area (Å²) in [5, 5.41) is 3.17. The standard InChI is InChI=1S/C28H31NO5/c1-6-33-27(30)24-18(3)29-19(4)25(28(31)34-7-2)26(24)23-11-9-8-10-21(23)15-12-20-13-16-22(32-5)17-14-20/h8-17,26,29H,6-7H2,1-5H3/b15-12+. The van der Waals surface area contributed by atoms with E-state index in [9.17, 15) is 9.59 Å². The van der Waals surface area contributed by atoms with Gasteiger partial charge in [-0.3, -0.25) is 0 Å². The number of benzene rings is 2. The maximum atomic E-state index is 13.1. The van der Waals surface area contributed by atoms with Crippen LogP contribution in [0.3, 0.4) is 0 Å². The maximum absolute atomic E-state index is 13.1. The molecule has 3 rings (SSSR count). The molecule has 0 saturated carbocycles. The van der Waals surface area contributed by atoms with Gasteiger partial charge >= 0.3 is 11.9 Å². The number of ether oxygens (including phenoxy) is 3. The van der Waals surface area contributed by atoms with Crippen molar-refractivity contribution in [2.75, 3.05) is 20.3 Å². The highest BCUT2D eigenvalue weighted by Gasteiger charge is 2.38. The number of rotatable bonds is 8. The van der Waals surface area contributed by atoms with Crippen molar-refractivity contribution in [2.45, 2.75) is 33.6 Å². The van der Waals surface area contributed by atoms with E-state index < -0.39 is 17.9 Å². The zero-order valence-corrected chi connectivity index (χ0v) is 20.3. The summed E-state index contributed by atoms with van der Waals surface area (Å²) in [5.41, 5.74) is 4.82. The molecular weight excluding hydrogens is 430 g/mol. The topological polar surface area (TPSA) is 73.9 Å². The summed E-state index contributed by atoms with van der Waals surface area (Å²) < 4.78 is 16.0. The van der Waals surface area contributed by atoms with E-state index in [1.54, 1.807) is 21.0 Å².